The van der Waals surface area contributed by atoms with Gasteiger partial charge in [-0.3, -0.25) is 0 Å². The molecule has 16 heavy (non-hydrogen) atoms. The Balaban J connectivity index is 2.01. The quantitative estimate of drug-likeness (QED) is 0.861. The second-order valence-electron chi connectivity index (χ2n) is 4.10. The molecule has 2 aromatic heterocycles. The van der Waals surface area contributed by atoms with Crippen LogP contribution in [0.25, 0.3) is 0 Å². The predicted molar refractivity (Wildman–Crippen MR) is 63.5 cm³/mol. The second kappa shape index (κ2) is 3.99. The summed E-state index contributed by atoms with van der Waals surface area (Å²) in [7, 11) is 0. The van der Waals surface area contributed by atoms with Crippen molar-refractivity contribution in [3.8, 4) is 0 Å². The summed E-state index contributed by atoms with van der Waals surface area (Å²) in [6.45, 7) is 0.663. The Bertz CT molecular complexity index is 462. The Morgan fingerprint density at radius 3 is 3.19 bits per heavy atom. The van der Waals surface area contributed by atoms with E-state index in [0.29, 0.717) is 18.5 Å². The van der Waals surface area contributed by atoms with Crippen LogP contribution >= 0.6 is 11.3 Å². The maximum Gasteiger partial charge on any atom is 0.138 e. The first-order valence-electron chi connectivity index (χ1n) is 5.53. The summed E-state index contributed by atoms with van der Waals surface area (Å²) in [5.74, 6) is 1.42. The van der Waals surface area contributed by atoms with Crippen molar-refractivity contribution in [2.75, 3.05) is 6.54 Å². The van der Waals surface area contributed by atoms with Gasteiger partial charge in [-0.1, -0.05) is 6.07 Å². The van der Waals surface area contributed by atoms with E-state index in [0.717, 1.165) is 18.7 Å². The van der Waals surface area contributed by atoms with E-state index >= 15 is 0 Å². The molecule has 0 spiro atoms. The van der Waals surface area contributed by atoms with Gasteiger partial charge in [0.05, 0.1) is 6.04 Å². The molecule has 1 aliphatic heterocycles. The SMILES string of the molecule is NCC1CCC(c2cccs2)n2ncnc21. The van der Waals surface area contributed by atoms with E-state index < -0.39 is 0 Å². The molecule has 0 bridgehead atoms. The molecule has 4 nitrogen and oxygen atoms in total. The van der Waals surface area contributed by atoms with Gasteiger partial charge in [0.15, 0.2) is 0 Å². The van der Waals surface area contributed by atoms with Gasteiger partial charge in [0.25, 0.3) is 0 Å². The number of thiophene rings is 1. The van der Waals surface area contributed by atoms with Gasteiger partial charge in [0, 0.05) is 17.3 Å². The summed E-state index contributed by atoms with van der Waals surface area (Å²) in [6, 6.07) is 4.62. The highest BCUT2D eigenvalue weighted by atomic mass is 32.1. The van der Waals surface area contributed by atoms with Crippen LogP contribution in [0.3, 0.4) is 0 Å². The minimum atomic E-state index is 0.361. The Kier molecular flexibility index (Phi) is 2.49. The molecule has 2 atom stereocenters. The van der Waals surface area contributed by atoms with E-state index in [9.17, 15) is 0 Å². The fourth-order valence-corrected chi connectivity index (χ4v) is 3.22. The molecule has 0 saturated carbocycles. The molecular weight excluding hydrogens is 220 g/mol. The highest BCUT2D eigenvalue weighted by Gasteiger charge is 2.29. The normalized spacial score (nSPS) is 24.3. The summed E-state index contributed by atoms with van der Waals surface area (Å²) in [6.07, 6.45) is 3.86. The fraction of sp³-hybridized carbons (Fsp3) is 0.455. The minimum absolute atomic E-state index is 0.361. The van der Waals surface area contributed by atoms with Crippen LogP contribution in [0.15, 0.2) is 23.8 Å². The highest BCUT2D eigenvalue weighted by molar-refractivity contribution is 7.10. The lowest BCUT2D eigenvalue weighted by molar-refractivity contribution is 0.372. The fourth-order valence-electron chi connectivity index (χ4n) is 2.37. The van der Waals surface area contributed by atoms with E-state index in [1.54, 1.807) is 17.7 Å². The standard InChI is InChI=1S/C11H14N4S/c12-6-8-3-4-9(10-2-1-5-16-10)15-11(8)13-7-14-15/h1-2,5,7-9H,3-4,6,12H2. The lowest BCUT2D eigenvalue weighted by Crippen LogP contribution is -2.26. The van der Waals surface area contributed by atoms with Crippen LogP contribution in [0.2, 0.25) is 0 Å². The van der Waals surface area contributed by atoms with E-state index in [4.69, 9.17) is 5.73 Å². The average Bonchev–Trinajstić information content (AvgIpc) is 2.98. The first kappa shape index (κ1) is 9.99. The Morgan fingerprint density at radius 1 is 1.50 bits per heavy atom. The minimum Gasteiger partial charge on any atom is -0.330 e. The molecule has 2 N–H and O–H groups in total. The van der Waals surface area contributed by atoms with E-state index in [-0.39, 0.29) is 0 Å². The molecule has 2 aromatic rings. The van der Waals surface area contributed by atoms with Crippen molar-refractivity contribution >= 4 is 11.3 Å². The molecule has 0 amide bonds. The van der Waals surface area contributed by atoms with Crippen molar-refractivity contribution < 1.29 is 0 Å². The molecule has 0 aliphatic carbocycles. The first-order valence-corrected chi connectivity index (χ1v) is 6.41. The van der Waals surface area contributed by atoms with Gasteiger partial charge in [0.1, 0.15) is 12.2 Å². The highest BCUT2D eigenvalue weighted by Crippen LogP contribution is 2.36. The summed E-state index contributed by atoms with van der Waals surface area (Å²) >= 11 is 1.79. The zero-order valence-electron chi connectivity index (χ0n) is 8.91. The number of rotatable bonds is 2. The van der Waals surface area contributed by atoms with Crippen LogP contribution in [0.5, 0.6) is 0 Å². The van der Waals surface area contributed by atoms with Crippen LogP contribution in [-0.2, 0) is 0 Å². The zero-order valence-corrected chi connectivity index (χ0v) is 9.73. The molecule has 0 aromatic carbocycles. The lowest BCUT2D eigenvalue weighted by atomic mass is 9.94. The number of nitrogens with zero attached hydrogens (tertiary/aromatic N) is 3. The maximum atomic E-state index is 5.76. The van der Waals surface area contributed by atoms with Crippen molar-refractivity contribution in [1.82, 2.24) is 14.8 Å². The van der Waals surface area contributed by atoms with Crippen LogP contribution in [0.4, 0.5) is 0 Å². The molecule has 0 saturated heterocycles. The Labute approximate surface area is 98.1 Å². The number of hydrogen-bond acceptors (Lipinski definition) is 4. The molecule has 84 valence electrons. The zero-order chi connectivity index (χ0) is 11.0. The third-order valence-electron chi connectivity index (χ3n) is 3.21. The van der Waals surface area contributed by atoms with Gasteiger partial charge in [-0.15, -0.1) is 11.3 Å². The van der Waals surface area contributed by atoms with Gasteiger partial charge in [-0.2, -0.15) is 5.10 Å². The second-order valence-corrected chi connectivity index (χ2v) is 5.08. The number of fused-ring (bicyclic) bond motifs is 1. The molecule has 3 rings (SSSR count). The van der Waals surface area contributed by atoms with Crippen molar-refractivity contribution in [3.63, 3.8) is 0 Å². The average molecular weight is 234 g/mol. The topological polar surface area (TPSA) is 56.7 Å². The van der Waals surface area contributed by atoms with E-state index in [2.05, 4.69) is 27.6 Å². The molecule has 2 unspecified atom stereocenters. The number of hydrogen-bond donors (Lipinski definition) is 1. The molecular formula is C11H14N4S. The molecule has 0 radical (unpaired) electrons. The van der Waals surface area contributed by atoms with Crippen LogP contribution in [0.1, 0.15) is 35.5 Å². The maximum absolute atomic E-state index is 5.76. The third kappa shape index (κ3) is 1.47. The van der Waals surface area contributed by atoms with Crippen molar-refractivity contribution in [3.05, 3.63) is 34.5 Å². The smallest absolute Gasteiger partial charge is 0.138 e. The van der Waals surface area contributed by atoms with Gasteiger partial charge < -0.3 is 5.73 Å². The molecule has 3 heterocycles. The predicted octanol–water partition coefficient (Wildman–Crippen LogP) is 1.77. The van der Waals surface area contributed by atoms with Gasteiger partial charge in [-0.05, 0) is 24.3 Å². The van der Waals surface area contributed by atoms with Crippen LogP contribution in [0, 0.1) is 0 Å². The Hall–Kier alpha value is -1.20. The molecule has 5 heteroatoms. The number of aromatic nitrogens is 3. The van der Waals surface area contributed by atoms with Crippen molar-refractivity contribution in [1.29, 1.82) is 0 Å². The summed E-state index contributed by atoms with van der Waals surface area (Å²) in [5.41, 5.74) is 5.76. The van der Waals surface area contributed by atoms with Crippen molar-refractivity contribution in [2.45, 2.75) is 24.8 Å². The number of nitrogens with two attached hydrogens (primary N) is 1. The lowest BCUT2D eigenvalue weighted by Gasteiger charge is -2.27. The van der Waals surface area contributed by atoms with E-state index in [1.165, 1.54) is 4.88 Å². The van der Waals surface area contributed by atoms with Gasteiger partial charge in [0.2, 0.25) is 0 Å². The summed E-state index contributed by atoms with van der Waals surface area (Å²) < 4.78 is 2.05. The third-order valence-corrected chi connectivity index (χ3v) is 4.18. The van der Waals surface area contributed by atoms with Crippen molar-refractivity contribution in [2.24, 2.45) is 5.73 Å². The largest absolute Gasteiger partial charge is 0.330 e. The summed E-state index contributed by atoms with van der Waals surface area (Å²) in [5, 5.41) is 6.46. The monoisotopic (exact) mass is 234 g/mol. The van der Waals surface area contributed by atoms with Crippen LogP contribution < -0.4 is 5.73 Å². The summed E-state index contributed by atoms with van der Waals surface area (Å²) in [4.78, 5) is 5.71. The van der Waals surface area contributed by atoms with E-state index in [1.807, 2.05) is 4.68 Å². The Morgan fingerprint density at radius 2 is 2.44 bits per heavy atom. The molecule has 1 aliphatic rings. The first-order chi connectivity index (χ1) is 7.90. The van der Waals surface area contributed by atoms with Gasteiger partial charge >= 0.3 is 0 Å². The van der Waals surface area contributed by atoms with Gasteiger partial charge in [-0.25, -0.2) is 9.67 Å². The van der Waals surface area contributed by atoms with Crippen LogP contribution in [-0.4, -0.2) is 21.3 Å². The molecule has 0 fully saturated rings.